The van der Waals surface area contributed by atoms with Crippen molar-refractivity contribution in [3.05, 3.63) is 222 Å². The molecule has 0 spiro atoms. The smallest absolute Gasteiger partial charge is 0.159 e. The lowest BCUT2D eigenvalue weighted by Gasteiger charge is -2.24. The standard InChI is InChI=1S/C52H37N3S2/c1-3-13-33(14-4-1)35-17-7-8-18-36(29-35)38-26-28-46-44(31-38)49-43(22-12-24-47(49)56-46)52-54-50(34-15-5-2-6-16-34)53-51(55-52)40-20-11-19-37(30-40)39-25-27-42-41-21-9-10-23-45(41)57-48(42)32-39/h1-16,18-32,41,45,50H,17H2,(H,53,54,55). The molecule has 2 aliphatic carbocycles. The molecule has 57 heavy (non-hydrogen) atoms. The van der Waals surface area contributed by atoms with Crippen LogP contribution < -0.4 is 5.32 Å². The average molecular weight is 768 g/mol. The maximum atomic E-state index is 5.36. The van der Waals surface area contributed by atoms with Gasteiger partial charge in [0.05, 0.1) is 0 Å². The number of amidine groups is 2. The van der Waals surface area contributed by atoms with Crippen LogP contribution in [0.2, 0.25) is 0 Å². The van der Waals surface area contributed by atoms with Crippen molar-refractivity contribution >= 4 is 66.1 Å². The Morgan fingerprint density at radius 3 is 2.33 bits per heavy atom. The van der Waals surface area contributed by atoms with E-state index in [2.05, 4.69) is 193 Å². The van der Waals surface area contributed by atoms with Gasteiger partial charge in [0.15, 0.2) is 5.84 Å². The number of hydrogen-bond donors (Lipinski definition) is 1. The Labute approximate surface area is 340 Å². The zero-order valence-corrected chi connectivity index (χ0v) is 32.7. The monoisotopic (exact) mass is 767 g/mol. The molecule has 4 aliphatic rings. The average Bonchev–Trinajstić information content (AvgIpc) is 3.74. The molecule has 6 aromatic carbocycles. The summed E-state index contributed by atoms with van der Waals surface area (Å²) in [4.78, 5) is 12.0. The summed E-state index contributed by atoms with van der Waals surface area (Å²) in [6, 6.07) is 50.4. The van der Waals surface area contributed by atoms with Crippen molar-refractivity contribution in [3.63, 3.8) is 0 Å². The number of nitrogens with zero attached hydrogens (tertiary/aromatic N) is 2. The molecular formula is C52H37N3S2. The number of nitrogens with one attached hydrogen (secondary N) is 1. The highest BCUT2D eigenvalue weighted by Crippen LogP contribution is 2.49. The van der Waals surface area contributed by atoms with E-state index in [0.717, 1.165) is 40.3 Å². The van der Waals surface area contributed by atoms with Crippen LogP contribution in [0.15, 0.2) is 203 Å². The van der Waals surface area contributed by atoms with E-state index in [1.165, 1.54) is 58.5 Å². The fourth-order valence-corrected chi connectivity index (χ4v) is 11.0. The van der Waals surface area contributed by atoms with Crippen LogP contribution in [0.4, 0.5) is 0 Å². The number of thiophene rings is 1. The molecule has 3 heterocycles. The summed E-state index contributed by atoms with van der Waals surface area (Å²) in [6.07, 6.45) is 18.7. The van der Waals surface area contributed by atoms with Gasteiger partial charge in [-0.15, -0.1) is 23.1 Å². The Hall–Kier alpha value is -6.27. The van der Waals surface area contributed by atoms with E-state index in [0.29, 0.717) is 11.2 Å². The molecule has 2 aliphatic heterocycles. The largest absolute Gasteiger partial charge is 0.344 e. The molecule has 0 fully saturated rings. The van der Waals surface area contributed by atoms with Crippen LogP contribution in [0.5, 0.6) is 0 Å². The lowest BCUT2D eigenvalue weighted by Crippen LogP contribution is -2.33. The van der Waals surface area contributed by atoms with E-state index in [-0.39, 0.29) is 6.17 Å². The lowest BCUT2D eigenvalue weighted by atomic mass is 9.91. The molecule has 7 aromatic rings. The quantitative estimate of drug-likeness (QED) is 0.183. The number of thioether (sulfide) groups is 1. The summed E-state index contributed by atoms with van der Waals surface area (Å²) in [5, 5.41) is 6.69. The zero-order chi connectivity index (χ0) is 37.7. The van der Waals surface area contributed by atoms with Crippen molar-refractivity contribution < 1.29 is 0 Å². The van der Waals surface area contributed by atoms with Gasteiger partial charge in [-0.05, 0) is 81.3 Å². The Balaban J connectivity index is 1.00. The van der Waals surface area contributed by atoms with Gasteiger partial charge in [0.25, 0.3) is 0 Å². The van der Waals surface area contributed by atoms with Crippen molar-refractivity contribution in [1.29, 1.82) is 0 Å². The van der Waals surface area contributed by atoms with Gasteiger partial charge in [-0.3, -0.25) is 0 Å². The van der Waals surface area contributed by atoms with Crippen molar-refractivity contribution in [2.75, 3.05) is 0 Å². The SMILES string of the molecule is C1=CCC(c2ccccc2)=CC(c2ccc3sc4cccc(C5=NC(c6cccc(-c7ccc8c(c7)SC7C=CC=CC87)c6)=NC(c6ccccc6)N5)c4c3c2)=C1. The van der Waals surface area contributed by atoms with E-state index in [1.54, 1.807) is 0 Å². The summed E-state index contributed by atoms with van der Waals surface area (Å²) < 4.78 is 2.50. The first-order chi connectivity index (χ1) is 28.2. The van der Waals surface area contributed by atoms with Gasteiger partial charge in [-0.25, -0.2) is 9.98 Å². The maximum absolute atomic E-state index is 5.36. The predicted octanol–water partition coefficient (Wildman–Crippen LogP) is 13.3. The number of benzene rings is 6. The number of hydrogen-bond acceptors (Lipinski definition) is 5. The second kappa shape index (κ2) is 14.3. The summed E-state index contributed by atoms with van der Waals surface area (Å²) in [5.74, 6) is 2.01. The van der Waals surface area contributed by atoms with Crippen molar-refractivity contribution in [1.82, 2.24) is 5.32 Å². The van der Waals surface area contributed by atoms with Crippen molar-refractivity contribution in [2.45, 2.75) is 28.6 Å². The maximum Gasteiger partial charge on any atom is 0.159 e. The number of rotatable bonds is 6. The summed E-state index contributed by atoms with van der Waals surface area (Å²) in [5.41, 5.74) is 12.0. The van der Waals surface area contributed by atoms with E-state index >= 15 is 0 Å². The Bertz CT molecular complexity index is 2940. The fraction of sp³-hybridized carbons (Fsp3) is 0.0769. The minimum absolute atomic E-state index is 0.293. The molecule has 3 unspecified atom stereocenters. The highest BCUT2D eigenvalue weighted by atomic mass is 32.2. The molecule has 272 valence electrons. The number of fused-ring (bicyclic) bond motifs is 6. The topological polar surface area (TPSA) is 36.8 Å². The second-order valence-electron chi connectivity index (χ2n) is 14.9. The van der Waals surface area contributed by atoms with Gasteiger partial charge in [0.1, 0.15) is 12.0 Å². The first-order valence-electron chi connectivity index (χ1n) is 19.6. The molecule has 0 radical (unpaired) electrons. The zero-order valence-electron chi connectivity index (χ0n) is 31.0. The van der Waals surface area contributed by atoms with Gasteiger partial charge in [-0.2, -0.15) is 0 Å². The normalized spacial score (nSPS) is 19.6. The molecular weight excluding hydrogens is 731 g/mol. The van der Waals surface area contributed by atoms with E-state index in [9.17, 15) is 0 Å². The lowest BCUT2D eigenvalue weighted by molar-refractivity contribution is 0.674. The van der Waals surface area contributed by atoms with Crippen LogP contribution in [-0.4, -0.2) is 16.9 Å². The van der Waals surface area contributed by atoms with E-state index in [1.807, 2.05) is 23.1 Å². The first kappa shape index (κ1) is 34.0. The van der Waals surface area contributed by atoms with Crippen LogP contribution in [-0.2, 0) is 0 Å². The Morgan fingerprint density at radius 1 is 0.632 bits per heavy atom. The minimum Gasteiger partial charge on any atom is -0.344 e. The number of aliphatic imine (C=N–C) groups is 2. The molecule has 0 bridgehead atoms. The summed E-state index contributed by atoms with van der Waals surface area (Å²) >= 11 is 3.80. The minimum atomic E-state index is -0.293. The predicted molar refractivity (Wildman–Crippen MR) is 243 cm³/mol. The van der Waals surface area contributed by atoms with Crippen molar-refractivity contribution in [3.8, 4) is 11.1 Å². The van der Waals surface area contributed by atoms with Gasteiger partial charge in [0.2, 0.25) is 0 Å². The third kappa shape index (κ3) is 6.33. The van der Waals surface area contributed by atoms with Crippen LogP contribution in [0.1, 0.15) is 51.9 Å². The fourth-order valence-electron chi connectivity index (χ4n) is 8.48. The third-order valence-electron chi connectivity index (χ3n) is 11.3. The Kier molecular flexibility index (Phi) is 8.56. The highest BCUT2D eigenvalue weighted by molar-refractivity contribution is 8.00. The van der Waals surface area contributed by atoms with Crippen LogP contribution in [0, 0.1) is 0 Å². The Morgan fingerprint density at radius 2 is 1.42 bits per heavy atom. The molecule has 0 amide bonds. The van der Waals surface area contributed by atoms with Gasteiger partial charge >= 0.3 is 0 Å². The van der Waals surface area contributed by atoms with Gasteiger partial charge in [0, 0.05) is 47.4 Å². The van der Waals surface area contributed by atoms with Crippen LogP contribution in [0.25, 0.3) is 42.4 Å². The van der Waals surface area contributed by atoms with Crippen LogP contribution in [0.3, 0.4) is 0 Å². The number of allylic oxidation sites excluding steroid dienone is 9. The van der Waals surface area contributed by atoms with E-state index in [4.69, 9.17) is 9.98 Å². The molecule has 1 aromatic heterocycles. The molecule has 11 rings (SSSR count). The molecule has 3 nitrogen and oxygen atoms in total. The molecule has 1 N–H and O–H groups in total. The molecule has 3 atom stereocenters. The summed E-state index contributed by atoms with van der Waals surface area (Å²) in [6.45, 7) is 0. The molecule has 5 heteroatoms. The van der Waals surface area contributed by atoms with Gasteiger partial charge in [-0.1, -0.05) is 158 Å². The van der Waals surface area contributed by atoms with E-state index < -0.39 is 0 Å². The third-order valence-corrected chi connectivity index (χ3v) is 13.8. The molecule has 0 saturated heterocycles. The van der Waals surface area contributed by atoms with Gasteiger partial charge < -0.3 is 5.32 Å². The van der Waals surface area contributed by atoms with Crippen molar-refractivity contribution in [2.24, 2.45) is 9.98 Å². The first-order valence-corrected chi connectivity index (χ1v) is 21.2. The second-order valence-corrected chi connectivity index (χ2v) is 17.2. The summed E-state index contributed by atoms with van der Waals surface area (Å²) in [7, 11) is 0. The highest BCUT2D eigenvalue weighted by Gasteiger charge is 2.31. The molecule has 0 saturated carbocycles. The van der Waals surface area contributed by atoms with Crippen LogP contribution >= 0.6 is 23.1 Å².